The molecule has 1 heterocycles. The molecule has 2 rings (SSSR count). The molecule has 0 spiro atoms. The van der Waals surface area contributed by atoms with Gasteiger partial charge in [0.1, 0.15) is 5.78 Å². The van der Waals surface area contributed by atoms with Crippen molar-refractivity contribution < 1.29 is 29.6 Å². The molecule has 0 radical (unpaired) electrons. The van der Waals surface area contributed by atoms with Gasteiger partial charge in [0.2, 0.25) is 0 Å². The van der Waals surface area contributed by atoms with Crippen molar-refractivity contribution in [3.8, 4) is 0 Å². The van der Waals surface area contributed by atoms with E-state index >= 15 is 0 Å². The second kappa shape index (κ2) is 10.2. The zero-order valence-electron chi connectivity index (χ0n) is 15.5. The molecule has 2 aliphatic rings. The third-order valence-corrected chi connectivity index (χ3v) is 5.44. The van der Waals surface area contributed by atoms with Gasteiger partial charge in [0.25, 0.3) is 0 Å². The lowest BCUT2D eigenvalue weighted by atomic mass is 9.88. The molecule has 2 fully saturated rings. The number of hydrogen-bond acceptors (Lipinski definition) is 5. The molecule has 148 valence electrons. The lowest BCUT2D eigenvalue weighted by molar-refractivity contribution is -0.137. The maximum Gasteiger partial charge on any atom is 0.303 e. The number of hydrogen-bond donors (Lipinski definition) is 3. The summed E-state index contributed by atoms with van der Waals surface area (Å²) >= 11 is 0. The van der Waals surface area contributed by atoms with Gasteiger partial charge in [0.05, 0.1) is 24.4 Å². The Labute approximate surface area is 155 Å². The smallest absolute Gasteiger partial charge is 0.303 e. The van der Waals surface area contributed by atoms with E-state index in [0.717, 1.165) is 19.3 Å². The van der Waals surface area contributed by atoms with E-state index in [9.17, 15) is 19.8 Å². The SMILES string of the molecule is CCCCC[C@H](O)C=C[C@H]1[C@H](CC2OC2CCCC(=O)O)C(=O)C[C@@H]1O. The van der Waals surface area contributed by atoms with E-state index in [1.165, 1.54) is 0 Å². The van der Waals surface area contributed by atoms with E-state index in [-0.39, 0.29) is 42.7 Å². The lowest BCUT2D eigenvalue weighted by Crippen LogP contribution is -2.21. The Morgan fingerprint density at radius 3 is 2.77 bits per heavy atom. The van der Waals surface area contributed by atoms with Crippen molar-refractivity contribution in [1.82, 2.24) is 0 Å². The van der Waals surface area contributed by atoms with Crippen LogP contribution in [0.15, 0.2) is 12.2 Å². The largest absolute Gasteiger partial charge is 0.481 e. The fourth-order valence-electron chi connectivity index (χ4n) is 3.83. The number of carboxylic acid groups (broad SMARTS) is 1. The van der Waals surface area contributed by atoms with Gasteiger partial charge < -0.3 is 20.1 Å². The quantitative estimate of drug-likeness (QED) is 0.277. The first kappa shape index (κ1) is 21.1. The number of aliphatic hydroxyl groups excluding tert-OH is 2. The van der Waals surface area contributed by atoms with E-state index in [4.69, 9.17) is 9.84 Å². The molecule has 0 bridgehead atoms. The van der Waals surface area contributed by atoms with Gasteiger partial charge in [-0.1, -0.05) is 38.3 Å². The predicted octanol–water partition coefficient (Wildman–Crippen LogP) is 2.46. The molecular weight excluding hydrogens is 336 g/mol. The molecular formula is C20H32O6. The van der Waals surface area contributed by atoms with E-state index in [1.807, 2.05) is 0 Å². The maximum absolute atomic E-state index is 12.2. The van der Waals surface area contributed by atoms with Crippen LogP contribution < -0.4 is 0 Å². The molecule has 3 N–H and O–H groups in total. The van der Waals surface area contributed by atoms with E-state index in [0.29, 0.717) is 25.7 Å². The normalized spacial score (nSPS) is 32.3. The van der Waals surface area contributed by atoms with Gasteiger partial charge in [0.15, 0.2) is 0 Å². The maximum atomic E-state index is 12.2. The number of aliphatic carboxylic acids is 1. The second-order valence-electron chi connectivity index (χ2n) is 7.60. The van der Waals surface area contributed by atoms with E-state index in [2.05, 4.69) is 6.92 Å². The molecule has 26 heavy (non-hydrogen) atoms. The Morgan fingerprint density at radius 2 is 2.08 bits per heavy atom. The first-order valence-electron chi connectivity index (χ1n) is 9.86. The lowest BCUT2D eigenvalue weighted by Gasteiger charge is -2.17. The van der Waals surface area contributed by atoms with Crippen molar-refractivity contribution in [2.75, 3.05) is 0 Å². The molecule has 0 aromatic rings. The Morgan fingerprint density at radius 1 is 1.31 bits per heavy atom. The highest BCUT2D eigenvalue weighted by atomic mass is 16.6. The van der Waals surface area contributed by atoms with Gasteiger partial charge in [-0.3, -0.25) is 9.59 Å². The van der Waals surface area contributed by atoms with Crippen LogP contribution in [-0.2, 0) is 14.3 Å². The molecule has 2 unspecified atom stereocenters. The average Bonchev–Trinajstić information content (AvgIpc) is 3.25. The first-order chi connectivity index (χ1) is 12.4. The minimum atomic E-state index is -0.806. The summed E-state index contributed by atoms with van der Waals surface area (Å²) in [5.74, 6) is -1.31. The van der Waals surface area contributed by atoms with Gasteiger partial charge in [0, 0.05) is 24.7 Å². The number of Topliss-reactive ketones (excluding diaryl/α,β-unsaturated/α-hetero) is 1. The van der Waals surface area contributed by atoms with Gasteiger partial charge >= 0.3 is 5.97 Å². The minimum Gasteiger partial charge on any atom is -0.481 e. The number of unbranched alkanes of at least 4 members (excludes halogenated alkanes) is 2. The highest BCUT2D eigenvalue weighted by Gasteiger charge is 2.47. The van der Waals surface area contributed by atoms with Crippen LogP contribution in [0, 0.1) is 11.8 Å². The number of aliphatic hydroxyl groups is 2. The standard InChI is InChI=1S/C20H32O6/c1-2-3-4-6-13(21)9-10-14-15(17(23)12-16(14)22)11-19-18(26-19)7-5-8-20(24)25/h9-10,13-16,18-19,21-22H,2-8,11-12H2,1H3,(H,24,25)/t13-,14-,15-,16-,18?,19?/m0/s1. The highest BCUT2D eigenvalue weighted by molar-refractivity contribution is 5.84. The molecule has 1 saturated carbocycles. The Balaban J connectivity index is 1.80. The van der Waals surface area contributed by atoms with Crippen LogP contribution in [0.25, 0.3) is 0 Å². The van der Waals surface area contributed by atoms with E-state index < -0.39 is 18.2 Å². The summed E-state index contributed by atoms with van der Waals surface area (Å²) in [5.41, 5.74) is 0. The van der Waals surface area contributed by atoms with Crippen molar-refractivity contribution in [2.45, 2.75) is 89.1 Å². The topological polar surface area (TPSA) is 107 Å². The number of ether oxygens (including phenoxy) is 1. The Bertz CT molecular complexity index is 503. The zero-order valence-corrected chi connectivity index (χ0v) is 15.5. The summed E-state index contributed by atoms with van der Waals surface area (Å²) < 4.78 is 5.58. The molecule has 1 aliphatic heterocycles. The third-order valence-electron chi connectivity index (χ3n) is 5.44. The van der Waals surface area contributed by atoms with Crippen LogP contribution in [0.4, 0.5) is 0 Å². The molecule has 0 aromatic carbocycles. The number of carboxylic acids is 1. The van der Waals surface area contributed by atoms with Crippen LogP contribution in [0.2, 0.25) is 0 Å². The van der Waals surface area contributed by atoms with Gasteiger partial charge in [-0.05, 0) is 25.7 Å². The monoisotopic (exact) mass is 368 g/mol. The fraction of sp³-hybridized carbons (Fsp3) is 0.800. The average molecular weight is 368 g/mol. The predicted molar refractivity (Wildman–Crippen MR) is 96.7 cm³/mol. The van der Waals surface area contributed by atoms with Gasteiger partial charge in [-0.25, -0.2) is 0 Å². The van der Waals surface area contributed by atoms with E-state index in [1.54, 1.807) is 12.2 Å². The molecule has 0 aromatic heterocycles. The minimum absolute atomic E-state index is 0.0200. The molecule has 1 aliphatic carbocycles. The molecule has 6 nitrogen and oxygen atoms in total. The summed E-state index contributed by atoms with van der Waals surface area (Å²) in [7, 11) is 0. The second-order valence-corrected chi connectivity index (χ2v) is 7.60. The fourth-order valence-corrected chi connectivity index (χ4v) is 3.83. The first-order valence-corrected chi connectivity index (χ1v) is 9.86. The summed E-state index contributed by atoms with van der Waals surface area (Å²) in [4.78, 5) is 22.8. The van der Waals surface area contributed by atoms with Crippen molar-refractivity contribution in [3.05, 3.63) is 12.2 Å². The van der Waals surface area contributed by atoms with Crippen molar-refractivity contribution >= 4 is 11.8 Å². The highest BCUT2D eigenvalue weighted by Crippen LogP contribution is 2.40. The summed E-state index contributed by atoms with van der Waals surface area (Å²) in [6.45, 7) is 2.11. The van der Waals surface area contributed by atoms with Crippen molar-refractivity contribution in [1.29, 1.82) is 0 Å². The molecule has 1 saturated heterocycles. The summed E-state index contributed by atoms with van der Waals surface area (Å²) in [6, 6.07) is 0. The van der Waals surface area contributed by atoms with Crippen molar-refractivity contribution in [2.24, 2.45) is 11.8 Å². The zero-order chi connectivity index (χ0) is 19.1. The van der Waals surface area contributed by atoms with Crippen LogP contribution in [-0.4, -0.2) is 51.5 Å². The van der Waals surface area contributed by atoms with Crippen molar-refractivity contribution in [3.63, 3.8) is 0 Å². The van der Waals surface area contributed by atoms with Crippen LogP contribution in [0.5, 0.6) is 0 Å². The number of carbonyl (C=O) groups is 2. The van der Waals surface area contributed by atoms with Crippen LogP contribution >= 0.6 is 0 Å². The van der Waals surface area contributed by atoms with Crippen LogP contribution in [0.1, 0.15) is 64.7 Å². The summed E-state index contributed by atoms with van der Waals surface area (Å²) in [6.07, 6.45) is 8.26. The third kappa shape index (κ3) is 6.49. The molecule has 0 amide bonds. The number of carbonyl (C=O) groups excluding carboxylic acids is 1. The van der Waals surface area contributed by atoms with Gasteiger partial charge in [-0.2, -0.15) is 0 Å². The van der Waals surface area contributed by atoms with Gasteiger partial charge in [-0.15, -0.1) is 0 Å². The molecule has 6 heteroatoms. The molecule has 6 atom stereocenters. The summed E-state index contributed by atoms with van der Waals surface area (Å²) in [5, 5.41) is 28.9. The Hall–Kier alpha value is -1.24. The van der Waals surface area contributed by atoms with Crippen LogP contribution in [0.3, 0.4) is 0 Å². The number of rotatable bonds is 12. The Kier molecular flexibility index (Phi) is 8.25. The number of ketones is 1. The number of epoxide rings is 1.